The second-order valence-electron chi connectivity index (χ2n) is 5.00. The van der Waals surface area contributed by atoms with Crippen molar-refractivity contribution in [3.05, 3.63) is 53.1 Å². The SMILES string of the molecule is O=C(NCCNC(=O)c1ccc(F)cc1F)c1cc(O)c(O)c(O)c1. The average Bonchev–Trinajstić information content (AvgIpc) is 2.55. The molecule has 0 spiro atoms. The number of hydrogen-bond donors (Lipinski definition) is 5. The first-order valence-corrected chi connectivity index (χ1v) is 7.06. The zero-order chi connectivity index (χ0) is 18.6. The van der Waals surface area contributed by atoms with Gasteiger partial charge in [-0.1, -0.05) is 0 Å². The zero-order valence-electron chi connectivity index (χ0n) is 12.7. The molecule has 9 heteroatoms. The average molecular weight is 352 g/mol. The number of halogens is 2. The minimum Gasteiger partial charge on any atom is -0.504 e. The Labute approximate surface area is 140 Å². The molecule has 2 amide bonds. The summed E-state index contributed by atoms with van der Waals surface area (Å²) >= 11 is 0. The zero-order valence-corrected chi connectivity index (χ0v) is 12.7. The molecule has 0 saturated carbocycles. The second-order valence-corrected chi connectivity index (χ2v) is 5.00. The minimum absolute atomic E-state index is 0.0320. The predicted molar refractivity (Wildman–Crippen MR) is 82.5 cm³/mol. The molecule has 25 heavy (non-hydrogen) atoms. The summed E-state index contributed by atoms with van der Waals surface area (Å²) in [6.07, 6.45) is 0. The fourth-order valence-electron chi connectivity index (χ4n) is 1.96. The monoisotopic (exact) mass is 352 g/mol. The summed E-state index contributed by atoms with van der Waals surface area (Å²) < 4.78 is 26.2. The molecule has 0 aliphatic carbocycles. The molecular formula is C16H14F2N2O5. The number of aromatic hydroxyl groups is 3. The van der Waals surface area contributed by atoms with Crippen LogP contribution in [0.5, 0.6) is 17.2 Å². The van der Waals surface area contributed by atoms with E-state index in [1.807, 2.05) is 0 Å². The summed E-state index contributed by atoms with van der Waals surface area (Å²) in [4.78, 5) is 23.6. The molecule has 2 aromatic rings. The predicted octanol–water partition coefficient (Wildman–Crippen LogP) is 1.24. The minimum atomic E-state index is -1.00. The highest BCUT2D eigenvalue weighted by atomic mass is 19.1. The molecule has 7 nitrogen and oxygen atoms in total. The second kappa shape index (κ2) is 7.47. The molecule has 0 heterocycles. The van der Waals surface area contributed by atoms with Crippen molar-refractivity contribution < 1.29 is 33.7 Å². The molecule has 2 aromatic carbocycles. The Bertz CT molecular complexity index is 803. The molecule has 0 aliphatic rings. The summed E-state index contributed by atoms with van der Waals surface area (Å²) in [7, 11) is 0. The van der Waals surface area contributed by atoms with Crippen LogP contribution in [-0.2, 0) is 0 Å². The van der Waals surface area contributed by atoms with Crippen LogP contribution in [0.3, 0.4) is 0 Å². The number of carbonyl (C=O) groups excluding carboxylic acids is 2. The molecule has 2 rings (SSSR count). The molecule has 0 atom stereocenters. The van der Waals surface area contributed by atoms with Gasteiger partial charge in [0.15, 0.2) is 17.2 Å². The fraction of sp³-hybridized carbons (Fsp3) is 0.125. The van der Waals surface area contributed by atoms with Gasteiger partial charge in [0.25, 0.3) is 11.8 Å². The van der Waals surface area contributed by atoms with Gasteiger partial charge in [-0.25, -0.2) is 8.78 Å². The quantitative estimate of drug-likeness (QED) is 0.410. The van der Waals surface area contributed by atoms with Crippen molar-refractivity contribution in [1.82, 2.24) is 10.6 Å². The Hall–Kier alpha value is -3.36. The first-order chi connectivity index (χ1) is 11.8. The lowest BCUT2D eigenvalue weighted by atomic mass is 10.1. The number of amides is 2. The van der Waals surface area contributed by atoms with Gasteiger partial charge in [0.05, 0.1) is 5.56 Å². The number of hydrogen-bond acceptors (Lipinski definition) is 5. The van der Waals surface area contributed by atoms with Gasteiger partial charge in [-0.3, -0.25) is 9.59 Å². The van der Waals surface area contributed by atoms with Gasteiger partial charge in [-0.15, -0.1) is 0 Å². The molecule has 0 aliphatic heterocycles. The van der Waals surface area contributed by atoms with Crippen molar-refractivity contribution in [1.29, 1.82) is 0 Å². The Balaban J connectivity index is 1.86. The topological polar surface area (TPSA) is 119 Å². The Morgan fingerprint density at radius 3 is 2.00 bits per heavy atom. The third-order valence-electron chi connectivity index (χ3n) is 3.20. The van der Waals surface area contributed by atoms with Crippen LogP contribution in [0.15, 0.2) is 30.3 Å². The normalized spacial score (nSPS) is 10.3. The largest absolute Gasteiger partial charge is 0.504 e. The maximum atomic E-state index is 13.4. The van der Waals surface area contributed by atoms with E-state index in [9.17, 15) is 33.7 Å². The standard InChI is InChI=1S/C16H14F2N2O5/c17-9-1-2-10(11(18)7-9)16(25)20-4-3-19-15(24)8-5-12(21)14(23)13(22)6-8/h1-2,5-7,21-23H,3-4H2,(H,19,24)(H,20,25). The van der Waals surface area contributed by atoms with Crippen LogP contribution < -0.4 is 10.6 Å². The van der Waals surface area contributed by atoms with E-state index in [4.69, 9.17) is 0 Å². The Morgan fingerprint density at radius 1 is 0.880 bits per heavy atom. The third kappa shape index (κ3) is 4.34. The molecule has 0 unspecified atom stereocenters. The van der Waals surface area contributed by atoms with Crippen molar-refractivity contribution in [3.63, 3.8) is 0 Å². The molecule has 0 bridgehead atoms. The molecule has 5 N–H and O–H groups in total. The fourth-order valence-corrected chi connectivity index (χ4v) is 1.96. The van der Waals surface area contributed by atoms with Gasteiger partial charge in [-0.2, -0.15) is 0 Å². The van der Waals surface area contributed by atoms with Crippen LogP contribution in [0.1, 0.15) is 20.7 Å². The van der Waals surface area contributed by atoms with Crippen LogP contribution in [-0.4, -0.2) is 40.2 Å². The van der Waals surface area contributed by atoms with E-state index in [0.717, 1.165) is 24.3 Å². The lowest BCUT2D eigenvalue weighted by Crippen LogP contribution is -2.35. The summed E-state index contributed by atoms with van der Waals surface area (Å²) in [5.41, 5.74) is -0.440. The maximum Gasteiger partial charge on any atom is 0.254 e. The van der Waals surface area contributed by atoms with Crippen LogP contribution >= 0.6 is 0 Å². The third-order valence-corrected chi connectivity index (χ3v) is 3.20. The molecule has 0 fully saturated rings. The van der Waals surface area contributed by atoms with Crippen LogP contribution in [0.4, 0.5) is 8.78 Å². The highest BCUT2D eigenvalue weighted by Gasteiger charge is 2.14. The highest BCUT2D eigenvalue weighted by molar-refractivity contribution is 5.96. The Kier molecular flexibility index (Phi) is 5.38. The number of phenolic OH excluding ortho intramolecular Hbond substituents is 3. The summed E-state index contributed by atoms with van der Waals surface area (Å²) in [6, 6.07) is 4.44. The van der Waals surface area contributed by atoms with Crippen molar-refractivity contribution in [2.45, 2.75) is 0 Å². The molecular weight excluding hydrogens is 338 g/mol. The van der Waals surface area contributed by atoms with Gasteiger partial charge in [0, 0.05) is 24.7 Å². The maximum absolute atomic E-state index is 13.4. The van der Waals surface area contributed by atoms with E-state index < -0.39 is 40.7 Å². The van der Waals surface area contributed by atoms with Gasteiger partial charge in [0.2, 0.25) is 0 Å². The number of rotatable bonds is 5. The molecule has 0 radical (unpaired) electrons. The van der Waals surface area contributed by atoms with E-state index in [1.54, 1.807) is 0 Å². The van der Waals surface area contributed by atoms with E-state index >= 15 is 0 Å². The number of phenols is 3. The van der Waals surface area contributed by atoms with Gasteiger partial charge in [0.1, 0.15) is 11.6 Å². The first kappa shape index (κ1) is 18.0. The molecule has 0 saturated heterocycles. The molecule has 0 aromatic heterocycles. The number of carbonyl (C=O) groups is 2. The first-order valence-electron chi connectivity index (χ1n) is 7.06. The van der Waals surface area contributed by atoms with Crippen molar-refractivity contribution in [2.75, 3.05) is 13.1 Å². The van der Waals surface area contributed by atoms with Crippen molar-refractivity contribution in [3.8, 4) is 17.2 Å². The van der Waals surface area contributed by atoms with Crippen molar-refractivity contribution in [2.24, 2.45) is 0 Å². The molecule has 132 valence electrons. The van der Waals surface area contributed by atoms with Crippen LogP contribution in [0.2, 0.25) is 0 Å². The summed E-state index contributed by atoms with van der Waals surface area (Å²) in [5, 5.41) is 32.6. The smallest absolute Gasteiger partial charge is 0.254 e. The van der Waals surface area contributed by atoms with E-state index in [2.05, 4.69) is 10.6 Å². The van der Waals surface area contributed by atoms with E-state index in [-0.39, 0.29) is 24.2 Å². The summed E-state index contributed by atoms with van der Waals surface area (Å²) in [5.74, 6) is -5.32. The van der Waals surface area contributed by atoms with Crippen LogP contribution in [0, 0.1) is 11.6 Å². The number of benzene rings is 2. The van der Waals surface area contributed by atoms with E-state index in [0.29, 0.717) is 6.07 Å². The van der Waals surface area contributed by atoms with Gasteiger partial charge >= 0.3 is 0 Å². The highest BCUT2D eigenvalue weighted by Crippen LogP contribution is 2.35. The van der Waals surface area contributed by atoms with Gasteiger partial charge in [-0.05, 0) is 24.3 Å². The lowest BCUT2D eigenvalue weighted by Gasteiger charge is -2.09. The van der Waals surface area contributed by atoms with E-state index in [1.165, 1.54) is 0 Å². The van der Waals surface area contributed by atoms with Crippen molar-refractivity contribution >= 4 is 11.8 Å². The number of nitrogens with one attached hydrogen (secondary N) is 2. The van der Waals surface area contributed by atoms with Gasteiger partial charge < -0.3 is 26.0 Å². The van der Waals surface area contributed by atoms with Crippen LogP contribution in [0.25, 0.3) is 0 Å². The lowest BCUT2D eigenvalue weighted by molar-refractivity contribution is 0.0925. The Morgan fingerprint density at radius 2 is 1.44 bits per heavy atom. The summed E-state index contributed by atoms with van der Waals surface area (Å²) in [6.45, 7) is -0.0762.